The zero-order valence-electron chi connectivity index (χ0n) is 12.6. The van der Waals surface area contributed by atoms with Gasteiger partial charge in [-0.15, -0.1) is 0 Å². The third kappa shape index (κ3) is 3.68. The molecule has 1 saturated heterocycles. The zero-order chi connectivity index (χ0) is 16.2. The number of carbonyl (C=O) groups excluding carboxylic acids is 1. The van der Waals surface area contributed by atoms with E-state index >= 15 is 0 Å². The predicted molar refractivity (Wildman–Crippen MR) is 92.4 cm³/mol. The highest BCUT2D eigenvalue weighted by molar-refractivity contribution is 6.30. The average Bonchev–Trinajstić information content (AvgIpc) is 2.55. The van der Waals surface area contributed by atoms with E-state index in [1.54, 1.807) is 35.2 Å². The lowest BCUT2D eigenvalue weighted by Gasteiger charge is -2.36. The fourth-order valence-corrected chi connectivity index (χ4v) is 2.84. The fourth-order valence-electron chi connectivity index (χ4n) is 2.65. The van der Waals surface area contributed by atoms with Gasteiger partial charge < -0.3 is 20.2 Å². The van der Waals surface area contributed by atoms with Crippen LogP contribution in [0.5, 0.6) is 5.75 Å². The first-order valence-electron chi connectivity index (χ1n) is 7.48. The molecule has 5 nitrogen and oxygen atoms in total. The van der Waals surface area contributed by atoms with E-state index in [2.05, 4.69) is 10.2 Å². The molecular weight excluding hydrogens is 314 g/mol. The molecule has 0 saturated carbocycles. The Labute approximate surface area is 140 Å². The molecule has 120 valence electrons. The Morgan fingerprint density at radius 2 is 1.78 bits per heavy atom. The summed E-state index contributed by atoms with van der Waals surface area (Å²) in [6.45, 7) is 2.56. The number of anilines is 2. The highest BCUT2D eigenvalue weighted by Gasteiger charge is 2.22. The quantitative estimate of drug-likeness (QED) is 0.886. The normalized spacial score (nSPS) is 14.7. The third-order valence-corrected chi connectivity index (χ3v) is 4.10. The Morgan fingerprint density at radius 3 is 2.48 bits per heavy atom. The first-order chi connectivity index (χ1) is 11.1. The number of nitrogens with zero attached hydrogens (tertiary/aromatic N) is 2. The Morgan fingerprint density at radius 1 is 1.04 bits per heavy atom. The number of aromatic hydroxyl groups is 1. The summed E-state index contributed by atoms with van der Waals surface area (Å²) in [7, 11) is 0. The van der Waals surface area contributed by atoms with E-state index in [-0.39, 0.29) is 11.8 Å². The van der Waals surface area contributed by atoms with E-state index in [1.807, 2.05) is 18.2 Å². The number of rotatable bonds is 2. The smallest absolute Gasteiger partial charge is 0.321 e. The molecule has 1 aliphatic heterocycles. The molecule has 0 atom stereocenters. The molecular formula is C17H18ClN3O2. The number of benzene rings is 2. The SMILES string of the molecule is O=C(Nc1cccc(Cl)c1)N1CCN(c2ccccc2O)CC1. The number of carbonyl (C=O) groups is 1. The lowest BCUT2D eigenvalue weighted by molar-refractivity contribution is 0.208. The number of phenolic OH excluding ortho intramolecular Hbond substituents is 1. The molecule has 0 aromatic heterocycles. The van der Waals surface area contributed by atoms with Crippen LogP contribution in [0.2, 0.25) is 5.02 Å². The van der Waals surface area contributed by atoms with Crippen LogP contribution in [0.25, 0.3) is 0 Å². The number of nitrogens with one attached hydrogen (secondary N) is 1. The molecule has 2 amide bonds. The lowest BCUT2D eigenvalue weighted by Crippen LogP contribution is -2.50. The van der Waals surface area contributed by atoms with Crippen LogP contribution in [0.3, 0.4) is 0 Å². The van der Waals surface area contributed by atoms with Crippen LogP contribution in [0, 0.1) is 0 Å². The first-order valence-corrected chi connectivity index (χ1v) is 7.86. The maximum atomic E-state index is 12.3. The average molecular weight is 332 g/mol. The first kappa shape index (κ1) is 15.5. The molecule has 0 radical (unpaired) electrons. The minimum atomic E-state index is -0.135. The fraction of sp³-hybridized carbons (Fsp3) is 0.235. The second-order valence-electron chi connectivity index (χ2n) is 5.40. The number of halogens is 1. The summed E-state index contributed by atoms with van der Waals surface area (Å²) in [5.74, 6) is 0.268. The van der Waals surface area contributed by atoms with Crippen molar-refractivity contribution < 1.29 is 9.90 Å². The standard InChI is InChI=1S/C17H18ClN3O2/c18-13-4-3-5-14(12-13)19-17(23)21-10-8-20(9-11-21)15-6-1-2-7-16(15)22/h1-7,12,22H,8-11H2,(H,19,23). The minimum absolute atomic E-state index is 0.135. The zero-order valence-corrected chi connectivity index (χ0v) is 13.3. The molecule has 23 heavy (non-hydrogen) atoms. The number of phenols is 1. The highest BCUT2D eigenvalue weighted by atomic mass is 35.5. The van der Waals surface area contributed by atoms with Crippen LogP contribution >= 0.6 is 11.6 Å². The van der Waals surface area contributed by atoms with E-state index < -0.39 is 0 Å². The molecule has 1 fully saturated rings. The summed E-state index contributed by atoms with van der Waals surface area (Å²) in [6, 6.07) is 14.2. The molecule has 2 N–H and O–H groups in total. The minimum Gasteiger partial charge on any atom is -0.506 e. The summed E-state index contributed by atoms with van der Waals surface area (Å²) in [5, 5.41) is 13.4. The van der Waals surface area contributed by atoms with Gasteiger partial charge in [0, 0.05) is 36.9 Å². The molecule has 1 heterocycles. The van der Waals surface area contributed by atoms with Crippen molar-refractivity contribution in [3.63, 3.8) is 0 Å². The Balaban J connectivity index is 1.58. The lowest BCUT2D eigenvalue weighted by atomic mass is 10.2. The van der Waals surface area contributed by atoms with Crippen molar-refractivity contribution in [2.45, 2.75) is 0 Å². The summed E-state index contributed by atoms with van der Waals surface area (Å²) in [6.07, 6.45) is 0. The van der Waals surface area contributed by atoms with Crippen LogP contribution in [-0.2, 0) is 0 Å². The Kier molecular flexibility index (Phi) is 4.57. The Bertz CT molecular complexity index is 700. The largest absolute Gasteiger partial charge is 0.506 e. The van der Waals surface area contributed by atoms with Crippen LogP contribution in [0.1, 0.15) is 0 Å². The number of hydrogen-bond donors (Lipinski definition) is 2. The molecule has 0 bridgehead atoms. The van der Waals surface area contributed by atoms with E-state index in [9.17, 15) is 9.90 Å². The highest BCUT2D eigenvalue weighted by Crippen LogP contribution is 2.27. The molecule has 0 spiro atoms. The van der Waals surface area contributed by atoms with Crippen molar-refractivity contribution in [1.82, 2.24) is 4.90 Å². The van der Waals surface area contributed by atoms with Gasteiger partial charge in [-0.1, -0.05) is 29.8 Å². The monoisotopic (exact) mass is 331 g/mol. The van der Waals surface area contributed by atoms with Gasteiger partial charge in [0.2, 0.25) is 0 Å². The van der Waals surface area contributed by atoms with Gasteiger partial charge >= 0.3 is 6.03 Å². The molecule has 0 aliphatic carbocycles. The molecule has 6 heteroatoms. The van der Waals surface area contributed by atoms with Crippen molar-refractivity contribution in [2.75, 3.05) is 36.4 Å². The molecule has 3 rings (SSSR count). The van der Waals surface area contributed by atoms with Gasteiger partial charge in [-0.2, -0.15) is 0 Å². The predicted octanol–water partition coefficient (Wildman–Crippen LogP) is 3.40. The van der Waals surface area contributed by atoms with Crippen molar-refractivity contribution >= 4 is 29.0 Å². The summed E-state index contributed by atoms with van der Waals surface area (Å²) < 4.78 is 0. The van der Waals surface area contributed by atoms with Gasteiger partial charge in [-0.25, -0.2) is 4.79 Å². The maximum absolute atomic E-state index is 12.3. The second kappa shape index (κ2) is 6.79. The Hall–Kier alpha value is -2.40. The molecule has 1 aliphatic rings. The number of urea groups is 1. The van der Waals surface area contributed by atoms with Crippen LogP contribution in [0.4, 0.5) is 16.2 Å². The number of amides is 2. The van der Waals surface area contributed by atoms with Crippen molar-refractivity contribution in [3.05, 3.63) is 53.6 Å². The van der Waals surface area contributed by atoms with E-state index in [4.69, 9.17) is 11.6 Å². The summed E-state index contributed by atoms with van der Waals surface area (Å²) >= 11 is 5.92. The van der Waals surface area contributed by atoms with Gasteiger partial charge in [-0.3, -0.25) is 0 Å². The van der Waals surface area contributed by atoms with E-state index in [1.165, 1.54) is 0 Å². The molecule has 0 unspecified atom stereocenters. The number of para-hydroxylation sites is 2. The third-order valence-electron chi connectivity index (χ3n) is 3.87. The van der Waals surface area contributed by atoms with Gasteiger partial charge in [0.05, 0.1) is 5.69 Å². The van der Waals surface area contributed by atoms with Crippen molar-refractivity contribution in [2.24, 2.45) is 0 Å². The van der Waals surface area contributed by atoms with Crippen molar-refractivity contribution in [1.29, 1.82) is 0 Å². The van der Waals surface area contributed by atoms with Crippen LogP contribution in [0.15, 0.2) is 48.5 Å². The van der Waals surface area contributed by atoms with Gasteiger partial charge in [0.15, 0.2) is 0 Å². The second-order valence-corrected chi connectivity index (χ2v) is 5.84. The summed E-state index contributed by atoms with van der Waals surface area (Å²) in [5.41, 5.74) is 1.49. The number of hydrogen-bond acceptors (Lipinski definition) is 3. The van der Waals surface area contributed by atoms with Crippen molar-refractivity contribution in [3.8, 4) is 5.75 Å². The molecule has 2 aromatic rings. The molecule has 2 aromatic carbocycles. The summed E-state index contributed by atoms with van der Waals surface area (Å²) in [4.78, 5) is 16.1. The van der Waals surface area contributed by atoms with Gasteiger partial charge in [0.25, 0.3) is 0 Å². The van der Waals surface area contributed by atoms with E-state index in [0.717, 1.165) is 5.69 Å². The van der Waals surface area contributed by atoms with Gasteiger partial charge in [0.1, 0.15) is 5.75 Å². The topological polar surface area (TPSA) is 55.8 Å². The van der Waals surface area contributed by atoms with Crippen LogP contribution in [-0.4, -0.2) is 42.2 Å². The van der Waals surface area contributed by atoms with Crippen LogP contribution < -0.4 is 10.2 Å². The van der Waals surface area contributed by atoms with E-state index in [0.29, 0.717) is 36.9 Å². The maximum Gasteiger partial charge on any atom is 0.321 e. The van der Waals surface area contributed by atoms with Gasteiger partial charge in [-0.05, 0) is 30.3 Å². The number of piperazine rings is 1.